The topological polar surface area (TPSA) is 57.2 Å². The van der Waals surface area contributed by atoms with E-state index in [1.54, 1.807) is 0 Å². The highest BCUT2D eigenvalue weighted by Crippen LogP contribution is 2.46. The first-order valence-corrected chi connectivity index (χ1v) is 15.1. The molecule has 0 heterocycles. The van der Waals surface area contributed by atoms with Crippen molar-refractivity contribution in [3.8, 4) is 0 Å². The molecule has 0 saturated carbocycles. The third-order valence-corrected chi connectivity index (χ3v) is 8.07. The fourth-order valence-electron chi connectivity index (χ4n) is 4.11. The molecule has 0 radical (unpaired) electrons. The van der Waals surface area contributed by atoms with E-state index in [9.17, 15) is 4.79 Å². The Morgan fingerprint density at radius 1 is 0.833 bits per heavy atom. The number of esters is 1. The molecule has 208 valence electrons. The van der Waals surface area contributed by atoms with Gasteiger partial charge in [0, 0.05) is 18.7 Å². The number of methoxy groups -OCH3 is 1. The Morgan fingerprint density at radius 2 is 1.39 bits per heavy atom. The SMILES string of the molecule is CCCCCCCCCCCCO[C@H](COP(OCc1ccccc1)N(C(C)C)C(C)C)C(=O)OC. The summed E-state index contributed by atoms with van der Waals surface area (Å²) in [6.45, 7) is 11.9. The second kappa shape index (κ2) is 21.0. The van der Waals surface area contributed by atoms with E-state index in [0.29, 0.717) is 13.2 Å². The van der Waals surface area contributed by atoms with E-state index in [1.807, 2.05) is 30.3 Å². The Morgan fingerprint density at radius 3 is 1.92 bits per heavy atom. The zero-order valence-corrected chi connectivity index (χ0v) is 24.6. The minimum Gasteiger partial charge on any atom is -0.467 e. The molecule has 1 aromatic carbocycles. The van der Waals surface area contributed by atoms with Crippen molar-refractivity contribution in [3.63, 3.8) is 0 Å². The van der Waals surface area contributed by atoms with Crippen molar-refractivity contribution in [2.24, 2.45) is 0 Å². The zero-order valence-electron chi connectivity index (χ0n) is 23.7. The molecule has 0 saturated heterocycles. The summed E-state index contributed by atoms with van der Waals surface area (Å²) in [6, 6.07) is 10.5. The Balaban J connectivity index is 2.51. The molecule has 0 aliphatic carbocycles. The van der Waals surface area contributed by atoms with Crippen LogP contribution in [0.3, 0.4) is 0 Å². The van der Waals surface area contributed by atoms with Crippen LogP contribution in [-0.4, -0.2) is 49.2 Å². The predicted octanol–water partition coefficient (Wildman–Crippen LogP) is 8.04. The highest BCUT2D eigenvalue weighted by molar-refractivity contribution is 7.44. The summed E-state index contributed by atoms with van der Waals surface area (Å²) in [5.41, 5.74) is 1.09. The number of benzene rings is 1. The number of nitrogens with zero attached hydrogens (tertiary/aromatic N) is 1. The Hall–Kier alpha value is -1.04. The molecule has 0 spiro atoms. The lowest BCUT2D eigenvalue weighted by Gasteiger charge is -2.36. The molecule has 0 bridgehead atoms. The van der Waals surface area contributed by atoms with Crippen molar-refractivity contribution in [1.29, 1.82) is 0 Å². The van der Waals surface area contributed by atoms with Gasteiger partial charge in [0.2, 0.25) is 0 Å². The van der Waals surface area contributed by atoms with E-state index in [4.69, 9.17) is 18.5 Å². The average Bonchev–Trinajstić information content (AvgIpc) is 2.86. The van der Waals surface area contributed by atoms with Crippen LogP contribution in [0.1, 0.15) is 104 Å². The molecule has 7 heteroatoms. The minimum atomic E-state index is -1.38. The van der Waals surface area contributed by atoms with Crippen LogP contribution < -0.4 is 0 Å². The first-order valence-electron chi connectivity index (χ1n) is 14.0. The average molecular weight is 526 g/mol. The van der Waals surface area contributed by atoms with Crippen LogP contribution in [0.15, 0.2) is 30.3 Å². The highest BCUT2D eigenvalue weighted by atomic mass is 31.2. The van der Waals surface area contributed by atoms with Crippen LogP contribution >= 0.6 is 8.53 Å². The second-order valence-electron chi connectivity index (χ2n) is 9.92. The molecule has 6 nitrogen and oxygen atoms in total. The number of carbonyl (C=O) groups excluding carboxylic acids is 1. The van der Waals surface area contributed by atoms with Crippen molar-refractivity contribution in [2.75, 3.05) is 20.3 Å². The van der Waals surface area contributed by atoms with Gasteiger partial charge in [-0.25, -0.2) is 9.46 Å². The first-order chi connectivity index (χ1) is 17.4. The fraction of sp³-hybridized carbons (Fsp3) is 0.759. The van der Waals surface area contributed by atoms with Gasteiger partial charge in [0.1, 0.15) is 0 Å². The highest BCUT2D eigenvalue weighted by Gasteiger charge is 2.30. The lowest BCUT2D eigenvalue weighted by Crippen LogP contribution is -2.36. The fourth-order valence-corrected chi connectivity index (χ4v) is 5.73. The first kappa shape index (κ1) is 33.0. The van der Waals surface area contributed by atoms with Crippen LogP contribution in [0.4, 0.5) is 0 Å². The minimum absolute atomic E-state index is 0.112. The number of carbonyl (C=O) groups is 1. The quantitative estimate of drug-likeness (QED) is 0.0867. The summed E-state index contributed by atoms with van der Waals surface area (Å²) in [5.74, 6) is -0.402. The van der Waals surface area contributed by atoms with Crippen LogP contribution in [0.2, 0.25) is 0 Å². The van der Waals surface area contributed by atoms with Gasteiger partial charge in [0.25, 0.3) is 8.53 Å². The van der Waals surface area contributed by atoms with Gasteiger partial charge in [0.15, 0.2) is 6.10 Å². The van der Waals surface area contributed by atoms with Gasteiger partial charge in [0.05, 0.1) is 20.3 Å². The van der Waals surface area contributed by atoms with E-state index in [1.165, 1.54) is 58.5 Å². The summed E-state index contributed by atoms with van der Waals surface area (Å²) < 4.78 is 25.6. The van der Waals surface area contributed by atoms with Crippen molar-refractivity contribution >= 4 is 14.5 Å². The molecule has 0 aliphatic rings. The molecule has 1 unspecified atom stereocenters. The van der Waals surface area contributed by atoms with Crippen LogP contribution in [0, 0.1) is 0 Å². The summed E-state index contributed by atoms with van der Waals surface area (Å²) in [5, 5.41) is 0. The maximum atomic E-state index is 12.4. The molecular formula is C29H52NO5P. The van der Waals surface area contributed by atoms with Gasteiger partial charge in [-0.3, -0.25) is 0 Å². The summed E-state index contributed by atoms with van der Waals surface area (Å²) >= 11 is 0. The number of unbranched alkanes of at least 4 members (excludes halogenated alkanes) is 9. The monoisotopic (exact) mass is 525 g/mol. The molecule has 0 amide bonds. The molecule has 0 fully saturated rings. The van der Waals surface area contributed by atoms with E-state index in [0.717, 1.165) is 18.4 Å². The number of hydrogen-bond donors (Lipinski definition) is 0. The van der Waals surface area contributed by atoms with E-state index in [-0.39, 0.29) is 18.7 Å². The van der Waals surface area contributed by atoms with E-state index in [2.05, 4.69) is 39.3 Å². The van der Waals surface area contributed by atoms with Gasteiger partial charge in [-0.1, -0.05) is 95.0 Å². The maximum Gasteiger partial charge on any atom is 0.337 e. The normalized spacial score (nSPS) is 13.5. The molecule has 36 heavy (non-hydrogen) atoms. The van der Waals surface area contributed by atoms with Gasteiger partial charge in [-0.05, 0) is 39.7 Å². The van der Waals surface area contributed by atoms with E-state index >= 15 is 0 Å². The number of hydrogen-bond acceptors (Lipinski definition) is 6. The van der Waals surface area contributed by atoms with Crippen LogP contribution in [-0.2, 0) is 29.9 Å². The third kappa shape index (κ3) is 14.6. The molecular weight excluding hydrogens is 473 g/mol. The largest absolute Gasteiger partial charge is 0.467 e. The molecule has 0 aromatic heterocycles. The predicted molar refractivity (Wildman–Crippen MR) is 150 cm³/mol. The number of ether oxygens (including phenoxy) is 2. The lowest BCUT2D eigenvalue weighted by atomic mass is 10.1. The molecule has 1 aromatic rings. The second-order valence-corrected chi connectivity index (χ2v) is 11.4. The van der Waals surface area contributed by atoms with Crippen molar-refractivity contribution in [2.45, 2.75) is 124 Å². The Bertz CT molecular complexity index is 650. The van der Waals surface area contributed by atoms with E-state index < -0.39 is 20.6 Å². The lowest BCUT2D eigenvalue weighted by molar-refractivity contribution is -0.156. The summed E-state index contributed by atoms with van der Waals surface area (Å²) in [6.07, 6.45) is 11.8. The third-order valence-electron chi connectivity index (χ3n) is 6.05. The van der Waals surface area contributed by atoms with Crippen molar-refractivity contribution < 1.29 is 23.3 Å². The molecule has 2 atom stereocenters. The number of rotatable bonds is 22. The van der Waals surface area contributed by atoms with Crippen molar-refractivity contribution in [1.82, 2.24) is 4.67 Å². The molecule has 0 N–H and O–H groups in total. The van der Waals surface area contributed by atoms with Crippen molar-refractivity contribution in [3.05, 3.63) is 35.9 Å². The van der Waals surface area contributed by atoms with Gasteiger partial charge in [-0.2, -0.15) is 0 Å². The van der Waals surface area contributed by atoms with Gasteiger partial charge in [-0.15, -0.1) is 0 Å². The zero-order chi connectivity index (χ0) is 26.6. The van der Waals surface area contributed by atoms with Crippen LogP contribution in [0.25, 0.3) is 0 Å². The smallest absolute Gasteiger partial charge is 0.337 e. The Labute approximate surface area is 222 Å². The molecule has 1 rings (SSSR count). The van der Waals surface area contributed by atoms with Gasteiger partial charge < -0.3 is 18.5 Å². The molecule has 0 aliphatic heterocycles. The Kier molecular flexibility index (Phi) is 19.2. The summed E-state index contributed by atoms with van der Waals surface area (Å²) in [4.78, 5) is 12.4. The standard InChI is InChI=1S/C29H52NO5P/c1-7-8-9-10-11-12-13-14-15-19-22-33-28(29(31)32-6)24-35-36(30(25(2)3)26(4)5)34-23-27-20-17-16-18-21-27/h16-18,20-21,25-26,28H,7-15,19,22-24H2,1-6H3/t28-,36?/m1/s1. The maximum absolute atomic E-state index is 12.4. The summed E-state index contributed by atoms with van der Waals surface area (Å²) in [7, 11) is 0.0133. The van der Waals surface area contributed by atoms with Crippen LogP contribution in [0.5, 0.6) is 0 Å². The van der Waals surface area contributed by atoms with Gasteiger partial charge >= 0.3 is 5.97 Å².